The summed E-state index contributed by atoms with van der Waals surface area (Å²) in [4.78, 5) is 33.7. The van der Waals surface area contributed by atoms with Crippen LogP contribution in [0.25, 0.3) is 22.3 Å². The molecule has 0 unspecified atom stereocenters. The predicted molar refractivity (Wildman–Crippen MR) is 143 cm³/mol. The first-order chi connectivity index (χ1) is 17.4. The molecular formula is C30H35N3O4. The van der Waals surface area contributed by atoms with Gasteiger partial charge in [-0.05, 0) is 86.5 Å². The molecule has 0 amide bonds. The number of cyclic esters (lactones) is 1. The Labute approximate surface area is 217 Å². The smallest absolute Gasteiger partial charge is 0.343 e. The summed E-state index contributed by atoms with van der Waals surface area (Å²) in [7, 11) is 4.13. The highest BCUT2D eigenvalue weighted by Gasteiger charge is 2.45. The van der Waals surface area contributed by atoms with Crippen molar-refractivity contribution in [1.29, 1.82) is 0 Å². The van der Waals surface area contributed by atoms with Crippen LogP contribution in [0, 0.1) is 13.8 Å². The molecule has 1 aromatic carbocycles. The molecule has 194 valence electrons. The fraction of sp³-hybridized carbons (Fsp3) is 0.500. The summed E-state index contributed by atoms with van der Waals surface area (Å²) >= 11 is 0. The van der Waals surface area contributed by atoms with Crippen LogP contribution >= 0.6 is 0 Å². The lowest BCUT2D eigenvalue weighted by atomic mass is 9.80. The molecule has 1 aliphatic carbocycles. The second kappa shape index (κ2) is 7.74. The third-order valence-corrected chi connectivity index (χ3v) is 9.02. The van der Waals surface area contributed by atoms with E-state index in [0.29, 0.717) is 23.4 Å². The normalized spacial score (nSPS) is 21.2. The van der Waals surface area contributed by atoms with Crippen molar-refractivity contribution in [3.05, 3.63) is 60.9 Å². The van der Waals surface area contributed by atoms with Gasteiger partial charge in [-0.15, -0.1) is 0 Å². The lowest BCUT2D eigenvalue weighted by molar-refractivity contribution is -0.172. The van der Waals surface area contributed by atoms with Crippen LogP contribution in [0.4, 0.5) is 0 Å². The first-order valence-electron chi connectivity index (χ1n) is 13.2. The average Bonchev–Trinajstić information content (AvgIpc) is 3.37. The summed E-state index contributed by atoms with van der Waals surface area (Å²) < 4.78 is 6.98. The zero-order valence-electron chi connectivity index (χ0n) is 22.8. The average molecular weight is 502 g/mol. The Morgan fingerprint density at radius 2 is 1.86 bits per heavy atom. The number of carbonyl (C=O) groups is 1. The number of rotatable bonds is 3. The van der Waals surface area contributed by atoms with Crippen molar-refractivity contribution >= 4 is 16.9 Å². The van der Waals surface area contributed by atoms with Crippen LogP contribution in [0.1, 0.15) is 78.1 Å². The van der Waals surface area contributed by atoms with E-state index >= 15 is 0 Å². The van der Waals surface area contributed by atoms with Gasteiger partial charge in [-0.3, -0.25) is 4.79 Å². The minimum Gasteiger partial charge on any atom is -0.458 e. The van der Waals surface area contributed by atoms with Crippen LogP contribution in [0.2, 0.25) is 0 Å². The van der Waals surface area contributed by atoms with E-state index in [0.717, 1.165) is 36.2 Å². The highest BCUT2D eigenvalue weighted by atomic mass is 16.6. The van der Waals surface area contributed by atoms with Gasteiger partial charge in [-0.2, -0.15) is 0 Å². The Morgan fingerprint density at radius 1 is 1.14 bits per heavy atom. The van der Waals surface area contributed by atoms with E-state index in [2.05, 4.69) is 46.7 Å². The van der Waals surface area contributed by atoms with Crippen LogP contribution in [0.15, 0.2) is 10.9 Å². The molecule has 0 spiro atoms. The number of aromatic nitrogens is 2. The van der Waals surface area contributed by atoms with Crippen molar-refractivity contribution < 1.29 is 14.6 Å². The summed E-state index contributed by atoms with van der Waals surface area (Å²) in [5.74, 6) is -0.700. The molecule has 1 N–H and O–H groups in total. The van der Waals surface area contributed by atoms with Crippen LogP contribution in [-0.4, -0.2) is 39.6 Å². The predicted octanol–water partition coefficient (Wildman–Crippen LogP) is 3.98. The van der Waals surface area contributed by atoms with Crippen LogP contribution in [-0.2, 0) is 46.7 Å². The molecular weight excluding hydrogens is 466 g/mol. The Balaban J connectivity index is 1.71. The van der Waals surface area contributed by atoms with Crippen LogP contribution in [0.5, 0.6) is 0 Å². The molecule has 0 saturated carbocycles. The monoisotopic (exact) mass is 501 g/mol. The largest absolute Gasteiger partial charge is 0.458 e. The maximum Gasteiger partial charge on any atom is 0.343 e. The van der Waals surface area contributed by atoms with Gasteiger partial charge < -0.3 is 19.3 Å². The lowest BCUT2D eigenvalue weighted by Gasteiger charge is -2.31. The molecule has 37 heavy (non-hydrogen) atoms. The van der Waals surface area contributed by atoms with Gasteiger partial charge in [-0.1, -0.05) is 20.8 Å². The Morgan fingerprint density at radius 3 is 2.54 bits per heavy atom. The summed E-state index contributed by atoms with van der Waals surface area (Å²) in [6, 6.07) is 1.81. The molecule has 7 nitrogen and oxygen atoms in total. The van der Waals surface area contributed by atoms with Crippen LogP contribution in [0.3, 0.4) is 0 Å². The van der Waals surface area contributed by atoms with Gasteiger partial charge in [0.05, 0.1) is 29.0 Å². The molecule has 2 aliphatic heterocycles. The standard InChI is InChI=1S/C30H35N3O4/c1-8-30(36)21-11-22-26-19(13-33(22)27(34)20(21)14-37-28(30)35)18(12-32(6)7)23-16(3)24-17(9-10-29(24,4)5)15(2)25(23)31-26/h11,36H,8-10,12-14H2,1-7H3/t30-/m0/s1. The van der Waals surface area contributed by atoms with E-state index in [4.69, 9.17) is 9.72 Å². The lowest BCUT2D eigenvalue weighted by Crippen LogP contribution is -2.44. The van der Waals surface area contributed by atoms with Crippen molar-refractivity contribution in [3.63, 3.8) is 0 Å². The fourth-order valence-electron chi connectivity index (χ4n) is 7.10. The van der Waals surface area contributed by atoms with Crippen molar-refractivity contribution in [1.82, 2.24) is 14.5 Å². The zero-order valence-corrected chi connectivity index (χ0v) is 22.8. The van der Waals surface area contributed by atoms with Gasteiger partial charge in [0.15, 0.2) is 5.60 Å². The number of hydrogen-bond donors (Lipinski definition) is 1. The SMILES string of the molecule is CC[C@@]1(O)C(=O)OCc2c1cc1n(c2=O)Cc2c-1nc1c(C)c3c(c(C)c1c2CN(C)C)C(C)(C)CC3. The van der Waals surface area contributed by atoms with Gasteiger partial charge in [0.25, 0.3) is 5.56 Å². The zero-order chi connectivity index (χ0) is 26.6. The van der Waals surface area contributed by atoms with Gasteiger partial charge in [-0.25, -0.2) is 9.78 Å². The number of pyridine rings is 2. The van der Waals surface area contributed by atoms with E-state index < -0.39 is 11.6 Å². The number of ether oxygens (including phenoxy) is 1. The highest BCUT2D eigenvalue weighted by Crippen LogP contribution is 2.48. The Hall–Kier alpha value is -3.03. The first-order valence-corrected chi connectivity index (χ1v) is 13.2. The quantitative estimate of drug-likeness (QED) is 0.428. The fourth-order valence-corrected chi connectivity index (χ4v) is 7.10. The number of esters is 1. The number of aryl methyl sites for hydroxylation is 2. The minimum absolute atomic E-state index is 0.114. The van der Waals surface area contributed by atoms with Gasteiger partial charge >= 0.3 is 5.97 Å². The highest BCUT2D eigenvalue weighted by molar-refractivity contribution is 5.95. The second-order valence-corrected chi connectivity index (χ2v) is 12.0. The number of carbonyl (C=O) groups excluding carboxylic acids is 1. The first kappa shape index (κ1) is 24.3. The van der Waals surface area contributed by atoms with E-state index in [1.165, 1.54) is 33.2 Å². The van der Waals surface area contributed by atoms with Gasteiger partial charge in [0, 0.05) is 23.1 Å². The van der Waals surface area contributed by atoms with E-state index in [9.17, 15) is 14.7 Å². The summed E-state index contributed by atoms with van der Waals surface area (Å²) in [5, 5.41) is 12.4. The van der Waals surface area contributed by atoms with E-state index in [1.54, 1.807) is 11.5 Å². The van der Waals surface area contributed by atoms with Crippen LogP contribution < -0.4 is 5.56 Å². The van der Waals surface area contributed by atoms with Gasteiger partial charge in [0.2, 0.25) is 0 Å². The number of hydrogen-bond acceptors (Lipinski definition) is 6. The number of benzene rings is 1. The molecule has 3 aliphatic rings. The van der Waals surface area contributed by atoms with Gasteiger partial charge in [0.1, 0.15) is 6.61 Å². The Bertz CT molecular complexity index is 1600. The maximum absolute atomic E-state index is 13.7. The molecule has 0 radical (unpaired) electrons. The summed E-state index contributed by atoms with van der Waals surface area (Å²) in [6.07, 6.45) is 2.30. The molecule has 6 rings (SSSR count). The number of fused-ring (bicyclic) bond motifs is 6. The third-order valence-electron chi connectivity index (χ3n) is 9.02. The number of nitrogens with zero attached hydrogens (tertiary/aromatic N) is 3. The van der Waals surface area contributed by atoms with E-state index in [1.807, 2.05) is 6.07 Å². The molecule has 3 aromatic rings. The van der Waals surface area contributed by atoms with Crippen molar-refractivity contribution in [2.45, 2.75) is 84.6 Å². The maximum atomic E-state index is 13.7. The summed E-state index contributed by atoms with van der Waals surface area (Å²) in [5.41, 5.74) is 8.84. The molecule has 7 heteroatoms. The molecule has 0 saturated heterocycles. The molecule has 4 heterocycles. The second-order valence-electron chi connectivity index (χ2n) is 12.0. The van der Waals surface area contributed by atoms with Crippen molar-refractivity contribution in [3.8, 4) is 11.4 Å². The molecule has 0 fully saturated rings. The molecule has 2 aromatic heterocycles. The Kier molecular flexibility index (Phi) is 5.09. The van der Waals surface area contributed by atoms with Crippen molar-refractivity contribution in [2.24, 2.45) is 0 Å². The van der Waals surface area contributed by atoms with Crippen molar-refractivity contribution in [2.75, 3.05) is 14.1 Å². The minimum atomic E-state index is -1.83. The molecule has 0 bridgehead atoms. The summed E-state index contributed by atoms with van der Waals surface area (Å²) in [6.45, 7) is 11.8. The number of aliphatic hydroxyl groups is 1. The molecule has 1 atom stereocenters. The van der Waals surface area contributed by atoms with E-state index in [-0.39, 0.29) is 24.0 Å². The topological polar surface area (TPSA) is 84.7 Å². The third kappa shape index (κ3) is 3.10.